The van der Waals surface area contributed by atoms with Gasteiger partial charge in [0.25, 0.3) is 0 Å². The van der Waals surface area contributed by atoms with Crippen LogP contribution in [0.1, 0.15) is 57.8 Å². The van der Waals surface area contributed by atoms with E-state index in [9.17, 15) is 5.11 Å². The van der Waals surface area contributed by atoms with E-state index in [-0.39, 0.29) is 5.54 Å². The molecule has 3 aliphatic rings. The highest BCUT2D eigenvalue weighted by Crippen LogP contribution is 2.41. The second kappa shape index (κ2) is 5.71. The van der Waals surface area contributed by atoms with Crippen LogP contribution in [0.4, 0.5) is 0 Å². The van der Waals surface area contributed by atoms with E-state index in [4.69, 9.17) is 0 Å². The molecule has 2 aliphatic carbocycles. The van der Waals surface area contributed by atoms with E-state index >= 15 is 0 Å². The number of aliphatic hydroxyl groups excluding tert-OH is 1. The SMILES string of the molecule is CNC1(CO)CCCC(N2CCCC3CCCC32)C1. The second-order valence-corrected chi connectivity index (χ2v) is 7.08. The second-order valence-electron chi connectivity index (χ2n) is 7.08. The van der Waals surface area contributed by atoms with E-state index in [2.05, 4.69) is 10.2 Å². The summed E-state index contributed by atoms with van der Waals surface area (Å²) in [6.07, 6.45) is 12.1. The Kier molecular flexibility index (Phi) is 4.16. The maximum atomic E-state index is 9.76. The standard InChI is InChI=1S/C16H30N2O/c1-17-16(12-19)9-3-7-14(11-16)18-10-4-6-13-5-2-8-15(13)18/h13-15,17,19H,2-12H2,1H3. The Labute approximate surface area is 117 Å². The van der Waals surface area contributed by atoms with Crippen molar-refractivity contribution in [2.75, 3.05) is 20.2 Å². The van der Waals surface area contributed by atoms with Crippen molar-refractivity contribution >= 4 is 0 Å². The van der Waals surface area contributed by atoms with Crippen LogP contribution in [0, 0.1) is 5.92 Å². The summed E-state index contributed by atoms with van der Waals surface area (Å²) < 4.78 is 0. The fourth-order valence-electron chi connectivity index (χ4n) is 5.01. The molecular formula is C16H30N2O. The number of rotatable bonds is 3. The Hall–Kier alpha value is -0.120. The van der Waals surface area contributed by atoms with Gasteiger partial charge in [0, 0.05) is 17.6 Å². The van der Waals surface area contributed by atoms with E-state index in [1.54, 1.807) is 0 Å². The molecule has 2 saturated carbocycles. The Morgan fingerprint density at radius 2 is 2.00 bits per heavy atom. The summed E-state index contributed by atoms with van der Waals surface area (Å²) in [5, 5.41) is 13.2. The van der Waals surface area contributed by atoms with Crippen molar-refractivity contribution in [2.24, 2.45) is 5.92 Å². The lowest BCUT2D eigenvalue weighted by molar-refractivity contribution is 0.0128. The maximum Gasteiger partial charge on any atom is 0.0613 e. The van der Waals surface area contributed by atoms with Crippen molar-refractivity contribution < 1.29 is 5.11 Å². The molecule has 0 amide bonds. The molecule has 2 N–H and O–H groups in total. The van der Waals surface area contributed by atoms with Crippen LogP contribution in [-0.4, -0.2) is 47.8 Å². The van der Waals surface area contributed by atoms with Gasteiger partial charge in [-0.1, -0.05) is 6.42 Å². The molecular weight excluding hydrogens is 236 g/mol. The molecule has 3 fully saturated rings. The molecule has 1 saturated heterocycles. The minimum atomic E-state index is -0.00549. The number of likely N-dealkylation sites (N-methyl/N-ethyl adjacent to an activating group) is 1. The summed E-state index contributed by atoms with van der Waals surface area (Å²) in [5.41, 5.74) is -0.00549. The van der Waals surface area contributed by atoms with E-state index < -0.39 is 0 Å². The molecule has 1 aliphatic heterocycles. The third-order valence-corrected chi connectivity index (χ3v) is 6.16. The first-order valence-electron chi connectivity index (χ1n) is 8.33. The van der Waals surface area contributed by atoms with Crippen molar-refractivity contribution in [2.45, 2.75) is 75.4 Å². The quantitative estimate of drug-likeness (QED) is 0.821. The summed E-state index contributed by atoms with van der Waals surface area (Å²) in [5.74, 6) is 0.980. The first-order chi connectivity index (χ1) is 9.28. The van der Waals surface area contributed by atoms with E-state index in [1.807, 2.05) is 7.05 Å². The van der Waals surface area contributed by atoms with Gasteiger partial charge in [0.15, 0.2) is 0 Å². The molecule has 0 spiro atoms. The van der Waals surface area contributed by atoms with Crippen LogP contribution in [0.25, 0.3) is 0 Å². The van der Waals surface area contributed by atoms with Crippen LogP contribution in [0.2, 0.25) is 0 Å². The van der Waals surface area contributed by atoms with Crippen molar-refractivity contribution in [3.8, 4) is 0 Å². The molecule has 0 radical (unpaired) electrons. The highest BCUT2D eigenvalue weighted by Gasteiger charge is 2.42. The molecule has 1 heterocycles. The average molecular weight is 266 g/mol. The average Bonchev–Trinajstić information content (AvgIpc) is 2.95. The van der Waals surface area contributed by atoms with Crippen LogP contribution >= 0.6 is 0 Å². The molecule has 0 aromatic heterocycles. The van der Waals surface area contributed by atoms with Gasteiger partial charge in [0.05, 0.1) is 6.61 Å². The molecule has 4 unspecified atom stereocenters. The van der Waals surface area contributed by atoms with Crippen LogP contribution in [0.15, 0.2) is 0 Å². The first-order valence-corrected chi connectivity index (χ1v) is 8.33. The zero-order valence-electron chi connectivity index (χ0n) is 12.4. The molecule has 0 aromatic rings. The number of fused-ring (bicyclic) bond motifs is 1. The monoisotopic (exact) mass is 266 g/mol. The number of hydrogen-bond donors (Lipinski definition) is 2. The summed E-state index contributed by atoms with van der Waals surface area (Å²) >= 11 is 0. The molecule has 0 bridgehead atoms. The van der Waals surface area contributed by atoms with Gasteiger partial charge < -0.3 is 10.4 Å². The molecule has 3 rings (SSSR count). The Bertz CT molecular complexity index is 303. The maximum absolute atomic E-state index is 9.76. The van der Waals surface area contributed by atoms with Gasteiger partial charge >= 0.3 is 0 Å². The van der Waals surface area contributed by atoms with Crippen LogP contribution in [-0.2, 0) is 0 Å². The van der Waals surface area contributed by atoms with Crippen molar-refractivity contribution in [3.05, 3.63) is 0 Å². The third-order valence-electron chi connectivity index (χ3n) is 6.16. The smallest absolute Gasteiger partial charge is 0.0613 e. The van der Waals surface area contributed by atoms with E-state index in [0.29, 0.717) is 12.6 Å². The van der Waals surface area contributed by atoms with Crippen molar-refractivity contribution in [1.82, 2.24) is 10.2 Å². The van der Waals surface area contributed by atoms with Crippen LogP contribution < -0.4 is 5.32 Å². The number of nitrogens with one attached hydrogen (secondary N) is 1. The fourth-order valence-corrected chi connectivity index (χ4v) is 5.01. The molecule has 4 atom stereocenters. The molecule has 110 valence electrons. The van der Waals surface area contributed by atoms with Crippen molar-refractivity contribution in [3.63, 3.8) is 0 Å². The zero-order chi connectivity index (χ0) is 13.3. The van der Waals surface area contributed by atoms with Gasteiger partial charge in [-0.2, -0.15) is 0 Å². The largest absolute Gasteiger partial charge is 0.394 e. The summed E-state index contributed by atoms with van der Waals surface area (Å²) in [6.45, 7) is 1.60. The van der Waals surface area contributed by atoms with E-state index in [0.717, 1.165) is 24.8 Å². The predicted molar refractivity (Wildman–Crippen MR) is 78.2 cm³/mol. The van der Waals surface area contributed by atoms with Gasteiger partial charge in [0.2, 0.25) is 0 Å². The first kappa shape index (κ1) is 13.8. The summed E-state index contributed by atoms with van der Waals surface area (Å²) in [7, 11) is 2.02. The summed E-state index contributed by atoms with van der Waals surface area (Å²) in [6, 6.07) is 1.57. The Morgan fingerprint density at radius 3 is 2.79 bits per heavy atom. The highest BCUT2D eigenvalue weighted by atomic mass is 16.3. The Morgan fingerprint density at radius 1 is 1.16 bits per heavy atom. The minimum absolute atomic E-state index is 0.00549. The lowest BCUT2D eigenvalue weighted by atomic mass is 9.77. The van der Waals surface area contributed by atoms with Gasteiger partial charge in [-0.25, -0.2) is 0 Å². The number of hydrogen-bond acceptors (Lipinski definition) is 3. The Balaban J connectivity index is 1.70. The van der Waals surface area contributed by atoms with Gasteiger partial charge in [-0.05, 0) is 70.9 Å². The van der Waals surface area contributed by atoms with Gasteiger partial charge in [-0.3, -0.25) is 4.90 Å². The number of aliphatic hydroxyl groups is 1. The third kappa shape index (κ3) is 2.57. The van der Waals surface area contributed by atoms with Gasteiger partial charge in [0.1, 0.15) is 0 Å². The van der Waals surface area contributed by atoms with Crippen LogP contribution in [0.3, 0.4) is 0 Å². The lowest BCUT2D eigenvalue weighted by Gasteiger charge is -2.48. The normalized spacial score (nSPS) is 44.2. The molecule has 0 aromatic carbocycles. The molecule has 3 heteroatoms. The lowest BCUT2D eigenvalue weighted by Crippen LogP contribution is -2.57. The van der Waals surface area contributed by atoms with E-state index in [1.165, 1.54) is 51.5 Å². The molecule has 3 nitrogen and oxygen atoms in total. The fraction of sp³-hybridized carbons (Fsp3) is 1.00. The molecule has 19 heavy (non-hydrogen) atoms. The zero-order valence-corrected chi connectivity index (χ0v) is 12.4. The number of nitrogens with zero attached hydrogens (tertiary/aromatic N) is 1. The predicted octanol–water partition coefficient (Wildman–Crippen LogP) is 2.14. The highest BCUT2D eigenvalue weighted by molar-refractivity contribution is 4.99. The van der Waals surface area contributed by atoms with Gasteiger partial charge in [-0.15, -0.1) is 0 Å². The minimum Gasteiger partial charge on any atom is -0.394 e. The van der Waals surface area contributed by atoms with Crippen LogP contribution in [0.5, 0.6) is 0 Å². The number of likely N-dealkylation sites (tertiary alicyclic amines) is 1. The van der Waals surface area contributed by atoms with Crippen molar-refractivity contribution in [1.29, 1.82) is 0 Å². The number of piperidine rings is 1. The topological polar surface area (TPSA) is 35.5 Å². The summed E-state index contributed by atoms with van der Waals surface area (Å²) in [4.78, 5) is 2.84.